The number of esters is 1. The molecule has 0 saturated heterocycles. The normalized spacial score (nSPS) is 13.6. The van der Waals surface area contributed by atoms with E-state index in [0.717, 1.165) is 11.3 Å². The van der Waals surface area contributed by atoms with Crippen LogP contribution in [-0.2, 0) is 22.1 Å². The SMILES string of the molecule is O=C(Oc1ccc([S+]2c3ccccc3Cc3ccccc32)cc1)C(F)(F)F. The van der Waals surface area contributed by atoms with Crippen molar-refractivity contribution in [1.82, 2.24) is 0 Å². The van der Waals surface area contributed by atoms with Crippen molar-refractivity contribution in [3.63, 3.8) is 0 Å². The Labute approximate surface area is 156 Å². The average molecular weight is 387 g/mol. The first-order chi connectivity index (χ1) is 12.9. The number of hydrogen-bond acceptors (Lipinski definition) is 2. The van der Waals surface area contributed by atoms with Gasteiger partial charge in [0.2, 0.25) is 0 Å². The molecule has 0 fully saturated rings. The summed E-state index contributed by atoms with van der Waals surface area (Å²) in [5, 5.41) is 0. The third kappa shape index (κ3) is 3.45. The van der Waals surface area contributed by atoms with Gasteiger partial charge in [-0.25, -0.2) is 4.79 Å². The van der Waals surface area contributed by atoms with Crippen LogP contribution in [0.2, 0.25) is 0 Å². The molecule has 0 aliphatic carbocycles. The first-order valence-electron chi connectivity index (χ1n) is 8.22. The molecule has 27 heavy (non-hydrogen) atoms. The number of ether oxygens (including phenoxy) is 1. The van der Waals surface area contributed by atoms with E-state index in [9.17, 15) is 18.0 Å². The van der Waals surface area contributed by atoms with E-state index >= 15 is 0 Å². The van der Waals surface area contributed by atoms with E-state index in [1.54, 1.807) is 12.1 Å². The standard InChI is InChI=1S/C21H14F3O2S/c22-21(23,24)20(25)26-16-9-11-17(12-10-16)27-18-7-3-1-5-14(18)13-15-6-2-4-8-19(15)27/h1-12H,13H2/q+1. The van der Waals surface area contributed by atoms with Gasteiger partial charge in [-0.15, -0.1) is 0 Å². The van der Waals surface area contributed by atoms with Gasteiger partial charge in [-0.2, -0.15) is 13.2 Å². The predicted molar refractivity (Wildman–Crippen MR) is 96.0 cm³/mol. The molecule has 1 aliphatic rings. The van der Waals surface area contributed by atoms with Crippen LogP contribution in [0.5, 0.6) is 5.75 Å². The van der Waals surface area contributed by atoms with Gasteiger partial charge in [0, 0.05) is 17.5 Å². The molecule has 3 aromatic rings. The first-order valence-corrected chi connectivity index (χ1v) is 9.45. The van der Waals surface area contributed by atoms with E-state index in [0.29, 0.717) is 0 Å². The molecular weight excluding hydrogens is 373 g/mol. The number of fused-ring (bicyclic) bond motifs is 2. The Morgan fingerprint density at radius 1 is 0.815 bits per heavy atom. The molecule has 6 heteroatoms. The molecule has 0 unspecified atom stereocenters. The van der Waals surface area contributed by atoms with Crippen molar-refractivity contribution < 1.29 is 22.7 Å². The Kier molecular flexibility index (Phi) is 4.44. The molecule has 1 heterocycles. The fraction of sp³-hybridized carbons (Fsp3) is 0.0952. The first kappa shape index (κ1) is 17.7. The van der Waals surface area contributed by atoms with Gasteiger partial charge in [-0.3, -0.25) is 0 Å². The monoisotopic (exact) mass is 387 g/mol. The molecule has 136 valence electrons. The van der Waals surface area contributed by atoms with Crippen LogP contribution < -0.4 is 4.74 Å². The van der Waals surface area contributed by atoms with Crippen molar-refractivity contribution >= 4 is 16.9 Å². The zero-order valence-corrected chi connectivity index (χ0v) is 14.8. The zero-order chi connectivity index (χ0) is 19.0. The molecule has 0 N–H and O–H groups in total. The van der Waals surface area contributed by atoms with Gasteiger partial charge in [-0.05, 0) is 36.4 Å². The summed E-state index contributed by atoms with van der Waals surface area (Å²) in [6, 6.07) is 22.6. The summed E-state index contributed by atoms with van der Waals surface area (Å²) in [6.45, 7) is 0. The van der Waals surface area contributed by atoms with Crippen molar-refractivity contribution in [2.45, 2.75) is 27.3 Å². The van der Waals surface area contributed by atoms with Crippen LogP contribution in [0, 0.1) is 0 Å². The number of hydrogen-bond donors (Lipinski definition) is 0. The van der Waals surface area contributed by atoms with Crippen LogP contribution in [-0.4, -0.2) is 12.1 Å². The summed E-state index contributed by atoms with van der Waals surface area (Å²) in [5.74, 6) is -2.34. The average Bonchev–Trinajstić information content (AvgIpc) is 2.66. The highest BCUT2D eigenvalue weighted by atomic mass is 32.2. The highest BCUT2D eigenvalue weighted by molar-refractivity contribution is 7.97. The van der Waals surface area contributed by atoms with Gasteiger partial charge in [-0.1, -0.05) is 36.4 Å². The molecule has 0 aromatic heterocycles. The minimum Gasteiger partial charge on any atom is -0.420 e. The smallest absolute Gasteiger partial charge is 0.420 e. The van der Waals surface area contributed by atoms with Gasteiger partial charge < -0.3 is 4.74 Å². The maximum atomic E-state index is 12.4. The maximum Gasteiger partial charge on any atom is 0.491 e. The minimum absolute atomic E-state index is 0.122. The van der Waals surface area contributed by atoms with E-state index in [1.165, 1.54) is 33.1 Å². The lowest BCUT2D eigenvalue weighted by atomic mass is 10.0. The Hall–Kier alpha value is -2.73. The van der Waals surface area contributed by atoms with Crippen molar-refractivity contribution in [2.24, 2.45) is 0 Å². The molecular formula is C21H14F3O2S+. The van der Waals surface area contributed by atoms with Crippen molar-refractivity contribution in [3.8, 4) is 5.75 Å². The number of carbonyl (C=O) groups excluding carboxylic acids is 1. The number of rotatable bonds is 2. The highest BCUT2D eigenvalue weighted by Gasteiger charge is 2.41. The number of alkyl halides is 3. The molecule has 0 spiro atoms. The van der Waals surface area contributed by atoms with Gasteiger partial charge in [0.15, 0.2) is 14.7 Å². The van der Waals surface area contributed by atoms with Crippen LogP contribution in [0.1, 0.15) is 11.1 Å². The van der Waals surface area contributed by atoms with Gasteiger partial charge in [0.1, 0.15) is 5.75 Å². The van der Waals surface area contributed by atoms with Crippen LogP contribution in [0.3, 0.4) is 0 Å². The van der Waals surface area contributed by atoms with Crippen LogP contribution >= 0.6 is 0 Å². The second kappa shape index (κ2) is 6.78. The molecule has 0 saturated carbocycles. The Morgan fingerprint density at radius 3 is 1.85 bits per heavy atom. The quantitative estimate of drug-likeness (QED) is 0.270. The lowest BCUT2D eigenvalue weighted by Gasteiger charge is -2.19. The number of carbonyl (C=O) groups is 1. The predicted octanol–water partition coefficient (Wildman–Crippen LogP) is 5.15. The van der Waals surface area contributed by atoms with E-state index in [2.05, 4.69) is 29.0 Å². The molecule has 3 aromatic carbocycles. The second-order valence-electron chi connectivity index (χ2n) is 6.06. The molecule has 0 bridgehead atoms. The second-order valence-corrected chi connectivity index (χ2v) is 8.02. The Balaban J connectivity index is 1.71. The number of benzene rings is 3. The summed E-state index contributed by atoms with van der Waals surface area (Å²) in [7, 11) is -0.359. The van der Waals surface area contributed by atoms with E-state index < -0.39 is 12.1 Å². The van der Waals surface area contributed by atoms with Crippen LogP contribution in [0.25, 0.3) is 0 Å². The topological polar surface area (TPSA) is 26.3 Å². The summed E-state index contributed by atoms with van der Waals surface area (Å²) in [5.41, 5.74) is 2.49. The maximum absolute atomic E-state index is 12.4. The molecule has 1 aliphatic heterocycles. The fourth-order valence-electron chi connectivity index (χ4n) is 3.08. The van der Waals surface area contributed by atoms with Crippen molar-refractivity contribution in [2.75, 3.05) is 0 Å². The Bertz CT molecular complexity index is 951. The van der Waals surface area contributed by atoms with Gasteiger partial charge >= 0.3 is 12.1 Å². The molecule has 0 radical (unpaired) electrons. The van der Waals surface area contributed by atoms with Gasteiger partial charge in [0.25, 0.3) is 0 Å². The van der Waals surface area contributed by atoms with Crippen LogP contribution in [0.15, 0.2) is 87.5 Å². The summed E-state index contributed by atoms with van der Waals surface area (Å²) < 4.78 is 41.5. The fourth-order valence-corrected chi connectivity index (χ4v) is 5.47. The largest absolute Gasteiger partial charge is 0.491 e. The van der Waals surface area contributed by atoms with Crippen molar-refractivity contribution in [3.05, 3.63) is 83.9 Å². The van der Waals surface area contributed by atoms with E-state index in [4.69, 9.17) is 0 Å². The van der Waals surface area contributed by atoms with E-state index in [-0.39, 0.29) is 16.6 Å². The molecule has 0 atom stereocenters. The Morgan fingerprint density at radius 2 is 1.33 bits per heavy atom. The lowest BCUT2D eigenvalue weighted by molar-refractivity contribution is -0.189. The minimum atomic E-state index is -5.01. The third-order valence-corrected chi connectivity index (χ3v) is 6.69. The summed E-state index contributed by atoms with van der Waals surface area (Å²) in [6.07, 6.45) is -4.15. The lowest BCUT2D eigenvalue weighted by Crippen LogP contribution is -2.27. The number of halogens is 3. The zero-order valence-electron chi connectivity index (χ0n) is 14.0. The summed E-state index contributed by atoms with van der Waals surface area (Å²) >= 11 is 0. The third-order valence-electron chi connectivity index (χ3n) is 4.27. The molecule has 0 amide bonds. The summed E-state index contributed by atoms with van der Waals surface area (Å²) in [4.78, 5) is 14.4. The van der Waals surface area contributed by atoms with Crippen molar-refractivity contribution in [1.29, 1.82) is 0 Å². The molecule has 4 rings (SSSR count). The highest BCUT2D eigenvalue weighted by Crippen LogP contribution is 2.40. The molecule has 2 nitrogen and oxygen atoms in total. The van der Waals surface area contributed by atoms with Crippen LogP contribution in [0.4, 0.5) is 13.2 Å². The van der Waals surface area contributed by atoms with E-state index in [1.807, 2.05) is 24.3 Å². The van der Waals surface area contributed by atoms with Gasteiger partial charge in [0.05, 0.1) is 10.9 Å².